The fourth-order valence-corrected chi connectivity index (χ4v) is 3.31. The van der Waals surface area contributed by atoms with Crippen LogP contribution in [0.5, 0.6) is 5.75 Å². The fourth-order valence-electron chi connectivity index (χ4n) is 3.31. The first-order chi connectivity index (χ1) is 14.6. The summed E-state index contributed by atoms with van der Waals surface area (Å²) >= 11 is 0. The van der Waals surface area contributed by atoms with Gasteiger partial charge in [-0.05, 0) is 55.3 Å². The van der Waals surface area contributed by atoms with Crippen molar-refractivity contribution in [3.05, 3.63) is 77.9 Å². The highest BCUT2D eigenvalue weighted by Crippen LogP contribution is 2.17. The molecule has 8 heteroatoms. The fraction of sp³-hybridized carbons (Fsp3) is 0.273. The molecule has 0 spiro atoms. The van der Waals surface area contributed by atoms with E-state index >= 15 is 0 Å². The average molecular weight is 412 g/mol. The number of halogens is 1. The third-order valence-corrected chi connectivity index (χ3v) is 4.97. The first-order valence-electron chi connectivity index (χ1n) is 9.68. The van der Waals surface area contributed by atoms with Gasteiger partial charge in [-0.3, -0.25) is 9.59 Å². The standard InChI is InChI=1S/C22H21FN2O5/c23-16-1-3-18(4-2-16)29-14-19-5-6-20(30-19)21(26)24-17-7-10-25(11-8-17)22(27)15-9-12-28-13-15/h1-6,9,12-13,17H,7-8,10-11,14H2,(H,24,26). The Morgan fingerprint density at radius 1 is 1.10 bits per heavy atom. The third-order valence-electron chi connectivity index (χ3n) is 4.97. The van der Waals surface area contributed by atoms with Crippen molar-refractivity contribution in [1.29, 1.82) is 0 Å². The number of likely N-dealkylation sites (tertiary alicyclic amines) is 1. The van der Waals surface area contributed by atoms with Gasteiger partial charge in [0.25, 0.3) is 11.8 Å². The van der Waals surface area contributed by atoms with Gasteiger partial charge < -0.3 is 23.8 Å². The summed E-state index contributed by atoms with van der Waals surface area (Å²) in [6, 6.07) is 10.5. The van der Waals surface area contributed by atoms with Crippen molar-refractivity contribution in [3.63, 3.8) is 0 Å². The first kappa shape index (κ1) is 19.8. The number of furan rings is 2. The summed E-state index contributed by atoms with van der Waals surface area (Å²) < 4.78 is 29.0. The van der Waals surface area contributed by atoms with E-state index < -0.39 is 0 Å². The molecular weight excluding hydrogens is 391 g/mol. The van der Waals surface area contributed by atoms with Crippen molar-refractivity contribution in [2.45, 2.75) is 25.5 Å². The highest BCUT2D eigenvalue weighted by molar-refractivity contribution is 5.94. The molecule has 0 saturated carbocycles. The summed E-state index contributed by atoms with van der Waals surface area (Å²) in [5, 5.41) is 2.95. The Bertz CT molecular complexity index is 989. The Morgan fingerprint density at radius 2 is 1.87 bits per heavy atom. The molecule has 1 N–H and O–H groups in total. The maximum Gasteiger partial charge on any atom is 0.287 e. The normalized spacial score (nSPS) is 14.5. The molecule has 3 heterocycles. The van der Waals surface area contributed by atoms with E-state index in [1.807, 2.05) is 0 Å². The van der Waals surface area contributed by atoms with E-state index in [-0.39, 0.29) is 36.0 Å². The average Bonchev–Trinajstić information content (AvgIpc) is 3.46. The number of benzene rings is 1. The number of rotatable bonds is 6. The minimum atomic E-state index is -0.337. The SMILES string of the molecule is O=C(NC1CCN(C(=O)c2ccoc2)CC1)c1ccc(COc2ccc(F)cc2)o1. The Hall–Kier alpha value is -3.55. The molecule has 4 rings (SSSR count). The lowest BCUT2D eigenvalue weighted by Crippen LogP contribution is -2.46. The molecule has 0 aliphatic carbocycles. The van der Waals surface area contributed by atoms with E-state index in [1.54, 1.807) is 23.1 Å². The summed E-state index contributed by atoms with van der Waals surface area (Å²) in [5.41, 5.74) is 0.531. The number of hydrogen-bond acceptors (Lipinski definition) is 5. The number of amides is 2. The van der Waals surface area contributed by atoms with Gasteiger partial charge in [0, 0.05) is 19.1 Å². The van der Waals surface area contributed by atoms with Crippen LogP contribution >= 0.6 is 0 Å². The smallest absolute Gasteiger partial charge is 0.287 e. The Morgan fingerprint density at radius 3 is 2.57 bits per heavy atom. The number of nitrogens with zero attached hydrogens (tertiary/aromatic N) is 1. The molecule has 2 amide bonds. The van der Waals surface area contributed by atoms with Gasteiger partial charge in [0.1, 0.15) is 30.2 Å². The molecule has 1 aromatic carbocycles. The quantitative estimate of drug-likeness (QED) is 0.668. The topological polar surface area (TPSA) is 84.9 Å². The molecule has 0 bridgehead atoms. The minimum Gasteiger partial charge on any atom is -0.486 e. The van der Waals surface area contributed by atoms with Crippen LogP contribution in [0.2, 0.25) is 0 Å². The van der Waals surface area contributed by atoms with Crippen LogP contribution < -0.4 is 10.1 Å². The first-order valence-corrected chi connectivity index (χ1v) is 9.68. The summed E-state index contributed by atoms with van der Waals surface area (Å²) in [4.78, 5) is 26.5. The highest BCUT2D eigenvalue weighted by atomic mass is 19.1. The van der Waals surface area contributed by atoms with Crippen LogP contribution in [0.25, 0.3) is 0 Å². The Kier molecular flexibility index (Phi) is 5.83. The summed E-state index contributed by atoms with van der Waals surface area (Å²) in [6.07, 6.45) is 4.24. The maximum atomic E-state index is 12.9. The van der Waals surface area contributed by atoms with Crippen molar-refractivity contribution in [2.75, 3.05) is 13.1 Å². The third kappa shape index (κ3) is 4.71. The molecule has 7 nitrogen and oxygen atoms in total. The van der Waals surface area contributed by atoms with Crippen LogP contribution in [0.4, 0.5) is 4.39 Å². The zero-order valence-corrected chi connectivity index (χ0v) is 16.2. The van der Waals surface area contributed by atoms with Crippen molar-refractivity contribution in [1.82, 2.24) is 10.2 Å². The molecule has 0 unspecified atom stereocenters. The van der Waals surface area contributed by atoms with E-state index in [0.717, 1.165) is 0 Å². The van der Waals surface area contributed by atoms with E-state index in [0.29, 0.717) is 43.0 Å². The zero-order chi connectivity index (χ0) is 20.9. The van der Waals surface area contributed by atoms with Gasteiger partial charge in [-0.2, -0.15) is 0 Å². The number of ether oxygens (including phenoxy) is 1. The number of nitrogens with one attached hydrogen (secondary N) is 1. The lowest BCUT2D eigenvalue weighted by Gasteiger charge is -2.32. The van der Waals surface area contributed by atoms with Crippen LogP contribution in [0, 0.1) is 5.82 Å². The van der Waals surface area contributed by atoms with E-state index in [4.69, 9.17) is 13.6 Å². The zero-order valence-electron chi connectivity index (χ0n) is 16.2. The van der Waals surface area contributed by atoms with Gasteiger partial charge >= 0.3 is 0 Å². The molecule has 0 atom stereocenters. The monoisotopic (exact) mass is 412 g/mol. The van der Waals surface area contributed by atoms with E-state index in [1.165, 1.54) is 36.8 Å². The van der Waals surface area contributed by atoms with E-state index in [2.05, 4.69) is 5.32 Å². The molecular formula is C22H21FN2O5. The van der Waals surface area contributed by atoms with Gasteiger partial charge in [0.2, 0.25) is 0 Å². The second-order valence-corrected chi connectivity index (χ2v) is 7.06. The molecule has 0 radical (unpaired) electrons. The molecule has 1 aliphatic rings. The molecule has 1 fully saturated rings. The minimum absolute atomic E-state index is 0.0325. The van der Waals surface area contributed by atoms with Crippen LogP contribution in [0.3, 0.4) is 0 Å². The summed E-state index contributed by atoms with van der Waals surface area (Å²) in [7, 11) is 0. The predicted molar refractivity (Wildman–Crippen MR) is 105 cm³/mol. The van der Waals surface area contributed by atoms with Crippen LogP contribution in [0.15, 0.2) is 63.8 Å². The van der Waals surface area contributed by atoms with Crippen molar-refractivity contribution >= 4 is 11.8 Å². The summed E-state index contributed by atoms with van der Waals surface area (Å²) in [6.45, 7) is 1.25. The van der Waals surface area contributed by atoms with E-state index in [9.17, 15) is 14.0 Å². The number of carbonyl (C=O) groups excluding carboxylic acids is 2. The highest BCUT2D eigenvalue weighted by Gasteiger charge is 2.26. The molecule has 2 aromatic heterocycles. The number of piperidine rings is 1. The van der Waals surface area contributed by atoms with Gasteiger partial charge in [-0.1, -0.05) is 0 Å². The predicted octanol–water partition coefficient (Wildman–Crippen LogP) is 3.63. The van der Waals surface area contributed by atoms with Crippen LogP contribution in [0.1, 0.15) is 39.5 Å². The lowest BCUT2D eigenvalue weighted by atomic mass is 10.0. The Balaban J connectivity index is 1.24. The second-order valence-electron chi connectivity index (χ2n) is 7.06. The molecule has 156 valence electrons. The van der Waals surface area contributed by atoms with Crippen LogP contribution in [-0.2, 0) is 6.61 Å². The number of hydrogen-bond donors (Lipinski definition) is 1. The Labute approximate surface area is 172 Å². The molecule has 30 heavy (non-hydrogen) atoms. The van der Waals surface area contributed by atoms with Gasteiger partial charge in [-0.15, -0.1) is 0 Å². The van der Waals surface area contributed by atoms with Gasteiger partial charge in [-0.25, -0.2) is 4.39 Å². The van der Waals surface area contributed by atoms with Gasteiger partial charge in [0.15, 0.2) is 5.76 Å². The molecule has 1 saturated heterocycles. The van der Waals surface area contributed by atoms with Crippen LogP contribution in [-0.4, -0.2) is 35.8 Å². The van der Waals surface area contributed by atoms with Gasteiger partial charge in [0.05, 0.1) is 11.8 Å². The maximum absolute atomic E-state index is 12.9. The lowest BCUT2D eigenvalue weighted by molar-refractivity contribution is 0.0694. The second kappa shape index (κ2) is 8.86. The van der Waals surface area contributed by atoms with Crippen molar-refractivity contribution in [3.8, 4) is 5.75 Å². The largest absolute Gasteiger partial charge is 0.486 e. The summed E-state index contributed by atoms with van der Waals surface area (Å²) in [5.74, 6) is 0.495. The number of carbonyl (C=O) groups is 2. The molecule has 1 aliphatic heterocycles. The van der Waals surface area contributed by atoms with Crippen molar-refractivity contribution < 1.29 is 27.6 Å². The molecule has 3 aromatic rings. The van der Waals surface area contributed by atoms with Crippen molar-refractivity contribution in [2.24, 2.45) is 0 Å².